The second kappa shape index (κ2) is 9.79. The number of nitriles is 2. The van der Waals surface area contributed by atoms with Crippen molar-refractivity contribution in [2.45, 2.75) is 37.5 Å². The lowest BCUT2D eigenvalue weighted by molar-refractivity contribution is -0.130. The molecule has 0 radical (unpaired) electrons. The molecular formula is C19H22ClF2N5O. The molecule has 3 atom stereocenters. The van der Waals surface area contributed by atoms with Gasteiger partial charge in [0.2, 0.25) is 5.91 Å². The van der Waals surface area contributed by atoms with Crippen LogP contribution in [0.3, 0.4) is 0 Å². The summed E-state index contributed by atoms with van der Waals surface area (Å²) in [5.41, 5.74) is 1.04. The van der Waals surface area contributed by atoms with Crippen LogP contribution in [-0.4, -0.2) is 54.2 Å². The zero-order chi connectivity index (χ0) is 19.4. The third-order valence-corrected chi connectivity index (χ3v) is 5.11. The molecule has 2 aliphatic heterocycles. The Labute approximate surface area is 169 Å². The van der Waals surface area contributed by atoms with Crippen molar-refractivity contribution in [2.75, 3.05) is 26.3 Å². The Hall–Kier alpha value is -2.26. The number of rotatable bonds is 5. The van der Waals surface area contributed by atoms with Crippen LogP contribution in [0.2, 0.25) is 0 Å². The quantitative estimate of drug-likeness (QED) is 0.806. The number of carbonyl (C=O) groups is 1. The van der Waals surface area contributed by atoms with Gasteiger partial charge in [-0.15, -0.1) is 12.4 Å². The van der Waals surface area contributed by atoms with Crippen LogP contribution >= 0.6 is 12.4 Å². The third kappa shape index (κ3) is 4.96. The van der Waals surface area contributed by atoms with Crippen molar-refractivity contribution < 1.29 is 13.6 Å². The lowest BCUT2D eigenvalue weighted by Crippen LogP contribution is -2.43. The molecule has 2 fully saturated rings. The summed E-state index contributed by atoms with van der Waals surface area (Å²) in [7, 11) is 0. The highest BCUT2D eigenvalue weighted by atomic mass is 35.5. The van der Waals surface area contributed by atoms with E-state index >= 15 is 0 Å². The number of carbonyl (C=O) groups excluding carboxylic acids is 1. The summed E-state index contributed by atoms with van der Waals surface area (Å²) in [5, 5.41) is 21.1. The molecule has 0 bridgehead atoms. The van der Waals surface area contributed by atoms with Gasteiger partial charge in [0.15, 0.2) is 0 Å². The van der Waals surface area contributed by atoms with Crippen LogP contribution in [0.4, 0.5) is 8.78 Å². The van der Waals surface area contributed by atoms with Crippen LogP contribution < -0.4 is 5.32 Å². The Balaban J connectivity index is 0.00000280. The van der Waals surface area contributed by atoms with Crippen molar-refractivity contribution in [1.29, 1.82) is 10.5 Å². The number of nitrogens with one attached hydrogen (secondary N) is 1. The molecule has 1 aromatic carbocycles. The Morgan fingerprint density at radius 2 is 2.11 bits per heavy atom. The van der Waals surface area contributed by atoms with Crippen LogP contribution in [0.1, 0.15) is 36.4 Å². The van der Waals surface area contributed by atoms with Crippen molar-refractivity contribution in [3.63, 3.8) is 0 Å². The molecule has 0 saturated carbocycles. The zero-order valence-electron chi connectivity index (χ0n) is 15.3. The lowest BCUT2D eigenvalue weighted by Gasteiger charge is -2.26. The van der Waals surface area contributed by atoms with Gasteiger partial charge in [0.05, 0.1) is 30.8 Å². The Bertz CT molecular complexity index is 794. The van der Waals surface area contributed by atoms with Crippen molar-refractivity contribution in [3.05, 3.63) is 35.1 Å². The molecule has 2 aliphatic rings. The fourth-order valence-corrected chi connectivity index (χ4v) is 3.85. The lowest BCUT2D eigenvalue weighted by atomic mass is 10.0. The third-order valence-electron chi connectivity index (χ3n) is 5.11. The van der Waals surface area contributed by atoms with Crippen molar-refractivity contribution in [3.8, 4) is 12.1 Å². The molecule has 28 heavy (non-hydrogen) atoms. The van der Waals surface area contributed by atoms with E-state index in [1.807, 2.05) is 12.1 Å². The van der Waals surface area contributed by atoms with Gasteiger partial charge in [-0.25, -0.2) is 8.78 Å². The predicted molar refractivity (Wildman–Crippen MR) is 101 cm³/mol. The molecule has 0 unspecified atom stereocenters. The summed E-state index contributed by atoms with van der Waals surface area (Å²) < 4.78 is 27.2. The number of halogens is 3. The maximum atomic E-state index is 13.7. The highest BCUT2D eigenvalue weighted by Gasteiger charge is 2.35. The van der Waals surface area contributed by atoms with Crippen LogP contribution in [0, 0.1) is 28.5 Å². The first-order valence-corrected chi connectivity index (χ1v) is 9.00. The SMILES string of the molecule is Cl.N#Cc1cc(F)cc([C@H]2CCCN2CNCC(=O)N2C[C@@H](F)C[C@H]2C#N)c1. The van der Waals surface area contributed by atoms with Gasteiger partial charge in [-0.05, 0) is 36.6 Å². The first-order chi connectivity index (χ1) is 13.0. The first kappa shape index (κ1) is 22.0. The van der Waals surface area contributed by atoms with E-state index in [0.717, 1.165) is 24.9 Å². The molecule has 1 amide bonds. The van der Waals surface area contributed by atoms with Crippen LogP contribution in [0.15, 0.2) is 18.2 Å². The molecule has 2 heterocycles. The summed E-state index contributed by atoms with van der Waals surface area (Å²) in [6.45, 7) is 1.19. The maximum Gasteiger partial charge on any atom is 0.237 e. The summed E-state index contributed by atoms with van der Waals surface area (Å²) in [6.07, 6.45) is 0.696. The number of hydrogen-bond donors (Lipinski definition) is 1. The predicted octanol–water partition coefficient (Wildman–Crippen LogP) is 2.27. The number of alkyl halides is 1. The largest absolute Gasteiger partial charge is 0.323 e. The van der Waals surface area contributed by atoms with Crippen LogP contribution in [0.5, 0.6) is 0 Å². The normalized spacial score (nSPS) is 24.4. The van der Waals surface area contributed by atoms with E-state index in [2.05, 4.69) is 10.2 Å². The maximum absolute atomic E-state index is 13.7. The smallest absolute Gasteiger partial charge is 0.237 e. The van der Waals surface area contributed by atoms with Gasteiger partial charge >= 0.3 is 0 Å². The molecule has 1 aromatic rings. The summed E-state index contributed by atoms with van der Waals surface area (Å²) >= 11 is 0. The van der Waals surface area contributed by atoms with E-state index in [1.165, 1.54) is 17.0 Å². The molecule has 2 saturated heterocycles. The van der Waals surface area contributed by atoms with E-state index in [9.17, 15) is 13.6 Å². The number of nitrogens with zero attached hydrogens (tertiary/aromatic N) is 4. The minimum atomic E-state index is -1.15. The van der Waals surface area contributed by atoms with Gasteiger partial charge in [0.1, 0.15) is 18.0 Å². The Morgan fingerprint density at radius 3 is 2.82 bits per heavy atom. The molecule has 0 aliphatic carbocycles. The number of amides is 1. The second-order valence-electron chi connectivity index (χ2n) is 6.96. The molecule has 0 spiro atoms. The first-order valence-electron chi connectivity index (χ1n) is 9.00. The molecule has 6 nitrogen and oxygen atoms in total. The van der Waals surface area contributed by atoms with E-state index in [1.54, 1.807) is 6.07 Å². The minimum absolute atomic E-state index is 0. The van der Waals surface area contributed by atoms with E-state index in [4.69, 9.17) is 10.5 Å². The minimum Gasteiger partial charge on any atom is -0.323 e. The van der Waals surface area contributed by atoms with Gasteiger partial charge in [-0.2, -0.15) is 10.5 Å². The van der Waals surface area contributed by atoms with Crippen LogP contribution in [0.25, 0.3) is 0 Å². The van der Waals surface area contributed by atoms with E-state index < -0.39 is 18.0 Å². The number of benzene rings is 1. The van der Waals surface area contributed by atoms with Crippen molar-refractivity contribution in [2.24, 2.45) is 0 Å². The molecule has 150 valence electrons. The number of likely N-dealkylation sites (tertiary alicyclic amines) is 2. The highest BCUT2D eigenvalue weighted by Crippen LogP contribution is 2.32. The van der Waals surface area contributed by atoms with Gasteiger partial charge in [0.25, 0.3) is 0 Å². The monoisotopic (exact) mass is 409 g/mol. The van der Waals surface area contributed by atoms with Gasteiger partial charge in [-0.1, -0.05) is 0 Å². The van der Waals surface area contributed by atoms with Crippen molar-refractivity contribution >= 4 is 18.3 Å². The standard InChI is InChI=1S/C19H21F2N5O.ClH/c20-15-5-13(8-22)4-14(6-15)18-2-1-3-25(18)12-24-10-19(27)26-11-16(21)7-17(26)9-23;/h4-6,16-18,24H,1-3,7,10-12H2;1H/t16-,17-,18+;/m0./s1. The fourth-order valence-electron chi connectivity index (χ4n) is 3.85. The summed E-state index contributed by atoms with van der Waals surface area (Å²) in [6, 6.07) is 7.55. The summed E-state index contributed by atoms with van der Waals surface area (Å²) in [4.78, 5) is 15.6. The average molecular weight is 410 g/mol. The Kier molecular flexibility index (Phi) is 7.70. The highest BCUT2D eigenvalue weighted by molar-refractivity contribution is 5.85. The van der Waals surface area contributed by atoms with Gasteiger partial charge < -0.3 is 4.90 Å². The van der Waals surface area contributed by atoms with Crippen molar-refractivity contribution in [1.82, 2.24) is 15.1 Å². The van der Waals surface area contributed by atoms with Crippen LogP contribution in [-0.2, 0) is 4.79 Å². The van der Waals surface area contributed by atoms with Gasteiger partial charge in [-0.3, -0.25) is 15.0 Å². The molecular weight excluding hydrogens is 388 g/mol. The van der Waals surface area contributed by atoms with E-state index in [-0.39, 0.29) is 49.4 Å². The van der Waals surface area contributed by atoms with E-state index in [0.29, 0.717) is 6.67 Å². The fraction of sp³-hybridized carbons (Fsp3) is 0.526. The molecule has 0 aromatic heterocycles. The zero-order valence-corrected chi connectivity index (χ0v) is 16.1. The summed E-state index contributed by atoms with van der Waals surface area (Å²) in [5.74, 6) is -0.730. The molecule has 9 heteroatoms. The molecule has 3 rings (SSSR count). The number of hydrogen-bond acceptors (Lipinski definition) is 5. The molecule has 1 N–H and O–H groups in total. The second-order valence-corrected chi connectivity index (χ2v) is 6.96. The van der Waals surface area contributed by atoms with Gasteiger partial charge in [0, 0.05) is 25.7 Å². The average Bonchev–Trinajstić information content (AvgIpc) is 3.27. The Morgan fingerprint density at radius 1 is 1.32 bits per heavy atom. The topological polar surface area (TPSA) is 83.2 Å².